The number of nitrogens with one attached hydrogen (secondary N) is 1. The van der Waals surface area contributed by atoms with Gasteiger partial charge < -0.3 is 19.9 Å². The van der Waals surface area contributed by atoms with Crippen LogP contribution in [0.4, 0.5) is 0 Å². The van der Waals surface area contributed by atoms with Crippen molar-refractivity contribution >= 4 is 17.3 Å². The molecule has 0 amide bonds. The van der Waals surface area contributed by atoms with E-state index in [-0.39, 0.29) is 0 Å². The molecule has 1 aromatic heterocycles. The molecule has 5 nitrogen and oxygen atoms in total. The van der Waals surface area contributed by atoms with E-state index in [9.17, 15) is 0 Å². The van der Waals surface area contributed by atoms with Gasteiger partial charge in [0.05, 0.1) is 19.3 Å². The third kappa shape index (κ3) is 7.44. The highest BCUT2D eigenvalue weighted by Gasteiger charge is 2.12. The molecule has 0 radical (unpaired) electrons. The summed E-state index contributed by atoms with van der Waals surface area (Å²) in [5.41, 5.74) is 2.19. The lowest BCUT2D eigenvalue weighted by molar-refractivity contribution is 0.299. The first kappa shape index (κ1) is 22.1. The molecule has 0 spiro atoms. The molecule has 152 valence electrons. The third-order valence-electron chi connectivity index (χ3n) is 4.72. The highest BCUT2D eigenvalue weighted by molar-refractivity contribution is 7.80. The summed E-state index contributed by atoms with van der Waals surface area (Å²) in [6, 6.07) is 14.1. The number of hydrogen-bond donors (Lipinski definition) is 1. The van der Waals surface area contributed by atoms with E-state index >= 15 is 0 Å². The smallest absolute Gasteiger partial charge is 0.169 e. The number of hydrogen-bond acceptors (Lipinski definition) is 4. The minimum atomic E-state index is 0.675. The zero-order valence-corrected chi connectivity index (χ0v) is 18.0. The van der Waals surface area contributed by atoms with Crippen LogP contribution in [-0.4, -0.2) is 53.2 Å². The standard InChI is InChI=1S/C22H32N4OS/c1-4-25(5-2)16-8-15-24-22(28)26(18-20-9-6-7-14-23-20)17-19-10-12-21(27-3)13-11-19/h6-7,9-14H,4-5,8,15-18H2,1-3H3,(H,24,28). The number of pyridine rings is 1. The largest absolute Gasteiger partial charge is 0.497 e. The molecule has 0 fully saturated rings. The SMILES string of the molecule is CCN(CC)CCCNC(=S)N(Cc1ccc(OC)cc1)Cc1ccccn1. The Morgan fingerprint density at radius 1 is 1.07 bits per heavy atom. The van der Waals surface area contributed by atoms with Crippen LogP contribution in [0.15, 0.2) is 48.7 Å². The Balaban J connectivity index is 1.97. The van der Waals surface area contributed by atoms with Gasteiger partial charge in [0.2, 0.25) is 0 Å². The summed E-state index contributed by atoms with van der Waals surface area (Å²) >= 11 is 5.71. The Bertz CT molecular complexity index is 689. The topological polar surface area (TPSA) is 40.6 Å². The maximum atomic E-state index is 5.71. The van der Waals surface area contributed by atoms with E-state index in [0.717, 1.165) is 55.7 Å². The quantitative estimate of drug-likeness (QED) is 0.458. The lowest BCUT2D eigenvalue weighted by atomic mass is 10.2. The van der Waals surface area contributed by atoms with Crippen LogP contribution in [0.5, 0.6) is 5.75 Å². The van der Waals surface area contributed by atoms with Crippen molar-refractivity contribution in [3.05, 3.63) is 59.9 Å². The van der Waals surface area contributed by atoms with E-state index in [1.54, 1.807) is 7.11 Å². The maximum Gasteiger partial charge on any atom is 0.169 e. The average molecular weight is 401 g/mol. The van der Waals surface area contributed by atoms with Crippen molar-refractivity contribution in [2.45, 2.75) is 33.4 Å². The third-order valence-corrected chi connectivity index (χ3v) is 5.12. The van der Waals surface area contributed by atoms with E-state index < -0.39 is 0 Å². The summed E-state index contributed by atoms with van der Waals surface area (Å²) in [6.45, 7) is 9.93. The molecular weight excluding hydrogens is 368 g/mol. The number of nitrogens with zero attached hydrogens (tertiary/aromatic N) is 3. The van der Waals surface area contributed by atoms with Crippen LogP contribution in [0.3, 0.4) is 0 Å². The van der Waals surface area contributed by atoms with Gasteiger partial charge in [0.1, 0.15) is 5.75 Å². The normalized spacial score (nSPS) is 10.7. The lowest BCUT2D eigenvalue weighted by Crippen LogP contribution is -2.40. The van der Waals surface area contributed by atoms with Crippen molar-refractivity contribution in [2.24, 2.45) is 0 Å². The number of ether oxygens (including phenoxy) is 1. The van der Waals surface area contributed by atoms with Gasteiger partial charge in [-0.2, -0.15) is 0 Å². The van der Waals surface area contributed by atoms with E-state index in [4.69, 9.17) is 17.0 Å². The van der Waals surface area contributed by atoms with Crippen molar-refractivity contribution in [1.29, 1.82) is 0 Å². The number of rotatable bonds is 11. The van der Waals surface area contributed by atoms with Gasteiger partial charge in [-0.05, 0) is 68.1 Å². The van der Waals surface area contributed by atoms with E-state index in [1.807, 2.05) is 36.5 Å². The summed E-state index contributed by atoms with van der Waals surface area (Å²) < 4.78 is 5.25. The molecule has 0 saturated carbocycles. The van der Waals surface area contributed by atoms with Gasteiger partial charge >= 0.3 is 0 Å². The molecule has 2 aromatic rings. The maximum absolute atomic E-state index is 5.71. The minimum Gasteiger partial charge on any atom is -0.497 e. The molecule has 0 atom stereocenters. The predicted octanol–water partition coefficient (Wildman–Crippen LogP) is 3.70. The molecule has 0 saturated heterocycles. The first-order chi connectivity index (χ1) is 13.7. The van der Waals surface area contributed by atoms with Crippen LogP contribution < -0.4 is 10.1 Å². The van der Waals surface area contributed by atoms with Gasteiger partial charge in [-0.25, -0.2) is 0 Å². The number of methoxy groups -OCH3 is 1. The zero-order chi connectivity index (χ0) is 20.2. The highest BCUT2D eigenvalue weighted by atomic mass is 32.1. The predicted molar refractivity (Wildman–Crippen MR) is 119 cm³/mol. The second-order valence-electron chi connectivity index (χ2n) is 6.64. The van der Waals surface area contributed by atoms with Crippen LogP contribution in [-0.2, 0) is 13.1 Å². The Hall–Kier alpha value is -2.18. The number of thiocarbonyl (C=S) groups is 1. The summed E-state index contributed by atoms with van der Waals surface area (Å²) in [7, 11) is 1.68. The molecule has 0 aliphatic heterocycles. The van der Waals surface area contributed by atoms with Crippen molar-refractivity contribution < 1.29 is 4.74 Å². The van der Waals surface area contributed by atoms with Gasteiger partial charge in [0, 0.05) is 19.3 Å². The average Bonchev–Trinajstić information content (AvgIpc) is 2.74. The molecule has 1 aromatic carbocycles. The van der Waals surface area contributed by atoms with Crippen molar-refractivity contribution in [3.8, 4) is 5.75 Å². The van der Waals surface area contributed by atoms with E-state index in [2.05, 4.69) is 46.1 Å². The van der Waals surface area contributed by atoms with Crippen molar-refractivity contribution in [3.63, 3.8) is 0 Å². The molecule has 2 rings (SSSR count). The van der Waals surface area contributed by atoms with Crippen LogP contribution in [0.2, 0.25) is 0 Å². The van der Waals surface area contributed by atoms with Gasteiger partial charge in [-0.1, -0.05) is 32.0 Å². The fraction of sp³-hybridized carbons (Fsp3) is 0.455. The zero-order valence-electron chi connectivity index (χ0n) is 17.2. The molecule has 1 N–H and O–H groups in total. The summed E-state index contributed by atoms with van der Waals surface area (Å²) in [5, 5.41) is 4.19. The molecule has 6 heteroatoms. The van der Waals surface area contributed by atoms with Gasteiger partial charge in [0.15, 0.2) is 5.11 Å². The Morgan fingerprint density at radius 3 is 2.43 bits per heavy atom. The van der Waals surface area contributed by atoms with Crippen LogP contribution >= 0.6 is 12.2 Å². The van der Waals surface area contributed by atoms with Crippen LogP contribution in [0, 0.1) is 0 Å². The Morgan fingerprint density at radius 2 is 1.82 bits per heavy atom. The second-order valence-corrected chi connectivity index (χ2v) is 7.02. The summed E-state index contributed by atoms with van der Waals surface area (Å²) in [5.74, 6) is 0.858. The lowest BCUT2D eigenvalue weighted by Gasteiger charge is -2.26. The number of aromatic nitrogens is 1. The monoisotopic (exact) mass is 400 g/mol. The molecule has 1 heterocycles. The van der Waals surface area contributed by atoms with Crippen molar-refractivity contribution in [1.82, 2.24) is 20.1 Å². The first-order valence-corrected chi connectivity index (χ1v) is 10.3. The fourth-order valence-electron chi connectivity index (χ4n) is 2.99. The fourth-order valence-corrected chi connectivity index (χ4v) is 3.22. The van der Waals surface area contributed by atoms with Crippen LogP contribution in [0.25, 0.3) is 0 Å². The van der Waals surface area contributed by atoms with Gasteiger partial charge in [-0.15, -0.1) is 0 Å². The summed E-state index contributed by atoms with van der Waals surface area (Å²) in [4.78, 5) is 9.04. The van der Waals surface area contributed by atoms with E-state index in [1.165, 1.54) is 5.56 Å². The number of benzene rings is 1. The Kier molecular flexibility index (Phi) is 9.72. The second kappa shape index (κ2) is 12.3. The van der Waals surface area contributed by atoms with Crippen LogP contribution in [0.1, 0.15) is 31.5 Å². The Labute approximate surface area is 174 Å². The molecule has 0 bridgehead atoms. The molecule has 28 heavy (non-hydrogen) atoms. The minimum absolute atomic E-state index is 0.675. The molecular formula is C22H32N4OS. The highest BCUT2D eigenvalue weighted by Crippen LogP contribution is 2.14. The summed E-state index contributed by atoms with van der Waals surface area (Å²) in [6.07, 6.45) is 2.89. The molecule has 0 aliphatic rings. The van der Waals surface area contributed by atoms with Crippen molar-refractivity contribution in [2.75, 3.05) is 33.3 Å². The van der Waals surface area contributed by atoms with Gasteiger partial charge in [-0.3, -0.25) is 4.98 Å². The van der Waals surface area contributed by atoms with E-state index in [0.29, 0.717) is 6.54 Å². The molecule has 0 aliphatic carbocycles. The van der Waals surface area contributed by atoms with Gasteiger partial charge in [0.25, 0.3) is 0 Å². The molecule has 0 unspecified atom stereocenters. The first-order valence-electron chi connectivity index (χ1n) is 9.94.